The number of hydrogen-bond acceptors (Lipinski definition) is 3. The molecule has 2 aliphatic carbocycles. The van der Waals surface area contributed by atoms with Crippen LogP contribution in [0.2, 0.25) is 0 Å². The number of rotatable bonds is 12. The molecular weight excluding hydrogens is 420 g/mol. The van der Waals surface area contributed by atoms with E-state index in [0.717, 1.165) is 67.5 Å². The van der Waals surface area contributed by atoms with Gasteiger partial charge in [-0.2, -0.15) is 0 Å². The van der Waals surface area contributed by atoms with Crippen molar-refractivity contribution in [1.82, 2.24) is 0 Å². The van der Waals surface area contributed by atoms with Gasteiger partial charge in [-0.05, 0) is 98.7 Å². The highest BCUT2D eigenvalue weighted by molar-refractivity contribution is 4.91. The Hall–Kier alpha value is -0.120. The maximum atomic E-state index is 10.3. The molecule has 2 saturated carbocycles. The Morgan fingerprint density at radius 3 is 2.26 bits per heavy atom. The molecule has 0 aromatic heterocycles. The summed E-state index contributed by atoms with van der Waals surface area (Å²) < 4.78 is 12.0. The number of hydrogen-bond donors (Lipinski definition) is 1. The van der Waals surface area contributed by atoms with Crippen molar-refractivity contribution in [2.24, 2.45) is 53.3 Å². The third-order valence-electron chi connectivity index (χ3n) is 10.1. The highest BCUT2D eigenvalue weighted by atomic mass is 16.6. The predicted octanol–water partition coefficient (Wildman–Crippen LogP) is 8.09. The first-order chi connectivity index (χ1) is 16.3. The highest BCUT2D eigenvalue weighted by Crippen LogP contribution is 2.50. The summed E-state index contributed by atoms with van der Waals surface area (Å²) in [5.74, 6) is 6.83. The molecule has 3 nitrogen and oxygen atoms in total. The predicted molar refractivity (Wildman–Crippen MR) is 143 cm³/mol. The van der Waals surface area contributed by atoms with E-state index < -0.39 is 6.29 Å². The zero-order valence-corrected chi connectivity index (χ0v) is 23.5. The summed E-state index contributed by atoms with van der Waals surface area (Å²) in [5.41, 5.74) is 0. The standard InChI is InChI=1S/C31H58O3/c1-7-8-30(21(2)3)33-17-16-26-19-22(4)10-13-27(26)28(14-12-25-15-18-34-31(25)32)29-20-23(5)9-11-24(29)6/h21-32H,7-20H2,1-6H3. The van der Waals surface area contributed by atoms with Crippen LogP contribution in [0.3, 0.4) is 0 Å². The second-order valence-electron chi connectivity index (χ2n) is 13.2. The van der Waals surface area contributed by atoms with Crippen LogP contribution in [0.5, 0.6) is 0 Å². The molecule has 0 aromatic rings. The fraction of sp³-hybridized carbons (Fsp3) is 1.00. The van der Waals surface area contributed by atoms with E-state index in [1.165, 1.54) is 64.2 Å². The maximum absolute atomic E-state index is 10.3. The van der Waals surface area contributed by atoms with Crippen LogP contribution in [0.4, 0.5) is 0 Å². The lowest BCUT2D eigenvalue weighted by Crippen LogP contribution is -2.39. The van der Waals surface area contributed by atoms with E-state index in [1.54, 1.807) is 0 Å². The minimum atomic E-state index is -0.523. The molecular formula is C31H58O3. The van der Waals surface area contributed by atoms with E-state index in [9.17, 15) is 5.11 Å². The lowest BCUT2D eigenvalue weighted by atomic mass is 9.59. The molecule has 0 bridgehead atoms. The lowest BCUT2D eigenvalue weighted by molar-refractivity contribution is -0.0860. The molecule has 0 aromatic carbocycles. The molecule has 10 unspecified atom stereocenters. The van der Waals surface area contributed by atoms with E-state index in [-0.39, 0.29) is 0 Å². The van der Waals surface area contributed by atoms with Crippen LogP contribution >= 0.6 is 0 Å². The average molecular weight is 479 g/mol. The molecule has 1 saturated heterocycles. The highest BCUT2D eigenvalue weighted by Gasteiger charge is 2.41. The van der Waals surface area contributed by atoms with Gasteiger partial charge in [0.15, 0.2) is 6.29 Å². The summed E-state index contributed by atoms with van der Waals surface area (Å²) in [7, 11) is 0. The van der Waals surface area contributed by atoms with Gasteiger partial charge >= 0.3 is 0 Å². The largest absolute Gasteiger partial charge is 0.378 e. The quantitative estimate of drug-likeness (QED) is 0.308. The molecule has 3 fully saturated rings. The zero-order chi connectivity index (χ0) is 24.7. The average Bonchev–Trinajstić information content (AvgIpc) is 3.21. The molecule has 0 radical (unpaired) electrons. The van der Waals surface area contributed by atoms with Gasteiger partial charge in [-0.25, -0.2) is 0 Å². The van der Waals surface area contributed by atoms with Gasteiger partial charge in [0.05, 0.1) is 12.7 Å². The molecule has 3 heteroatoms. The first-order valence-corrected chi connectivity index (χ1v) is 15.2. The van der Waals surface area contributed by atoms with Crippen LogP contribution in [0.15, 0.2) is 0 Å². The van der Waals surface area contributed by atoms with Crippen molar-refractivity contribution in [3.63, 3.8) is 0 Å². The van der Waals surface area contributed by atoms with Gasteiger partial charge in [-0.3, -0.25) is 0 Å². The van der Waals surface area contributed by atoms with Gasteiger partial charge in [0, 0.05) is 12.5 Å². The second-order valence-corrected chi connectivity index (χ2v) is 13.2. The molecule has 10 atom stereocenters. The monoisotopic (exact) mass is 478 g/mol. The number of aliphatic hydroxyl groups excluding tert-OH is 1. The topological polar surface area (TPSA) is 38.7 Å². The molecule has 1 heterocycles. The van der Waals surface area contributed by atoms with Gasteiger partial charge in [0.2, 0.25) is 0 Å². The van der Waals surface area contributed by atoms with Gasteiger partial charge in [-0.1, -0.05) is 67.2 Å². The first kappa shape index (κ1) is 28.5. The van der Waals surface area contributed by atoms with E-state index in [4.69, 9.17) is 9.47 Å². The molecule has 200 valence electrons. The summed E-state index contributed by atoms with van der Waals surface area (Å²) >= 11 is 0. The van der Waals surface area contributed by atoms with Crippen molar-refractivity contribution < 1.29 is 14.6 Å². The molecule has 1 N–H and O–H groups in total. The van der Waals surface area contributed by atoms with Crippen molar-refractivity contribution in [2.75, 3.05) is 13.2 Å². The van der Waals surface area contributed by atoms with Crippen molar-refractivity contribution in [2.45, 2.75) is 131 Å². The fourth-order valence-corrected chi connectivity index (χ4v) is 7.91. The van der Waals surface area contributed by atoms with Crippen LogP contribution in [-0.2, 0) is 9.47 Å². The van der Waals surface area contributed by atoms with Crippen LogP contribution < -0.4 is 0 Å². The molecule has 1 aliphatic heterocycles. The van der Waals surface area contributed by atoms with Gasteiger partial charge in [0.25, 0.3) is 0 Å². The van der Waals surface area contributed by atoms with Gasteiger partial charge < -0.3 is 14.6 Å². The Morgan fingerprint density at radius 2 is 1.59 bits per heavy atom. The van der Waals surface area contributed by atoms with Crippen molar-refractivity contribution in [1.29, 1.82) is 0 Å². The third-order valence-corrected chi connectivity index (χ3v) is 10.1. The molecule has 3 aliphatic rings. The van der Waals surface area contributed by atoms with E-state index in [0.29, 0.717) is 17.9 Å². The first-order valence-electron chi connectivity index (χ1n) is 15.2. The second kappa shape index (κ2) is 14.0. The van der Waals surface area contributed by atoms with Gasteiger partial charge in [0.1, 0.15) is 0 Å². The Bertz CT molecular complexity index is 563. The third kappa shape index (κ3) is 7.94. The molecule has 0 spiro atoms. The molecule has 34 heavy (non-hydrogen) atoms. The van der Waals surface area contributed by atoms with Crippen LogP contribution in [0.1, 0.15) is 119 Å². The van der Waals surface area contributed by atoms with Crippen LogP contribution in [0.25, 0.3) is 0 Å². The van der Waals surface area contributed by atoms with Crippen LogP contribution in [0, 0.1) is 53.3 Å². The normalized spacial score (nSPS) is 38.8. The van der Waals surface area contributed by atoms with Crippen LogP contribution in [-0.4, -0.2) is 30.7 Å². The van der Waals surface area contributed by atoms with Crippen molar-refractivity contribution >= 4 is 0 Å². The maximum Gasteiger partial charge on any atom is 0.157 e. The summed E-state index contributed by atoms with van der Waals surface area (Å²) in [6, 6.07) is 0. The number of ether oxygens (including phenoxy) is 2. The summed E-state index contributed by atoms with van der Waals surface area (Å²) in [4.78, 5) is 0. The summed E-state index contributed by atoms with van der Waals surface area (Å²) in [6.45, 7) is 16.1. The van der Waals surface area contributed by atoms with Crippen molar-refractivity contribution in [3.8, 4) is 0 Å². The minimum Gasteiger partial charge on any atom is -0.378 e. The number of aliphatic hydroxyl groups is 1. The van der Waals surface area contributed by atoms with E-state index in [1.807, 2.05) is 0 Å². The Balaban J connectivity index is 1.70. The summed E-state index contributed by atoms with van der Waals surface area (Å²) in [6.07, 6.45) is 15.4. The molecule has 3 rings (SSSR count). The Kier molecular flexibility index (Phi) is 11.7. The fourth-order valence-electron chi connectivity index (χ4n) is 7.91. The minimum absolute atomic E-state index is 0.351. The smallest absolute Gasteiger partial charge is 0.157 e. The van der Waals surface area contributed by atoms with E-state index >= 15 is 0 Å². The van der Waals surface area contributed by atoms with E-state index in [2.05, 4.69) is 41.5 Å². The molecule has 0 amide bonds. The Morgan fingerprint density at radius 1 is 0.853 bits per heavy atom. The van der Waals surface area contributed by atoms with Gasteiger partial charge in [-0.15, -0.1) is 0 Å². The lowest BCUT2D eigenvalue weighted by Gasteiger charge is -2.47. The zero-order valence-electron chi connectivity index (χ0n) is 23.5. The summed E-state index contributed by atoms with van der Waals surface area (Å²) in [5, 5.41) is 10.3. The Labute approximate surface area is 212 Å². The SMILES string of the molecule is CCCC(OCCC1CC(C)CCC1C(CCC1CCOC1O)C1CC(C)CCC1C)C(C)C. The van der Waals surface area contributed by atoms with Crippen molar-refractivity contribution in [3.05, 3.63) is 0 Å².